The molecule has 0 bridgehead atoms. The Balaban J connectivity index is 1.97. The van der Waals surface area contributed by atoms with Crippen molar-refractivity contribution in [1.29, 1.82) is 0 Å². The van der Waals surface area contributed by atoms with Gasteiger partial charge in [-0.2, -0.15) is 0 Å². The molecule has 0 radical (unpaired) electrons. The van der Waals surface area contributed by atoms with Gasteiger partial charge in [0, 0.05) is 6.42 Å². The molecule has 0 unspecified atom stereocenters. The highest BCUT2D eigenvalue weighted by Crippen LogP contribution is 2.31. The third-order valence-electron chi connectivity index (χ3n) is 2.97. The summed E-state index contributed by atoms with van der Waals surface area (Å²) in [6, 6.07) is 5.50. The van der Waals surface area contributed by atoms with Crippen LogP contribution >= 0.6 is 11.6 Å². The topological polar surface area (TPSA) is 46.5 Å². The summed E-state index contributed by atoms with van der Waals surface area (Å²) in [6.07, 6.45) is 4.34. The van der Waals surface area contributed by atoms with Gasteiger partial charge in [-0.15, -0.1) is 0 Å². The molecular formula is C13H15ClO3. The van der Waals surface area contributed by atoms with Crippen LogP contribution in [0.1, 0.15) is 31.2 Å². The first-order valence-electron chi connectivity index (χ1n) is 5.82. The van der Waals surface area contributed by atoms with E-state index in [1.165, 1.54) is 6.42 Å². The molecule has 1 aliphatic carbocycles. The minimum Gasteiger partial charge on any atom is -0.489 e. The second kappa shape index (κ2) is 5.41. The van der Waals surface area contributed by atoms with Gasteiger partial charge in [0.25, 0.3) is 0 Å². The van der Waals surface area contributed by atoms with Crippen molar-refractivity contribution in [3.63, 3.8) is 0 Å². The van der Waals surface area contributed by atoms with Crippen LogP contribution in [0.2, 0.25) is 5.02 Å². The highest BCUT2D eigenvalue weighted by atomic mass is 35.5. The fraction of sp³-hybridized carbons (Fsp3) is 0.462. The number of ether oxygens (including phenoxy) is 1. The van der Waals surface area contributed by atoms with Crippen LogP contribution < -0.4 is 4.74 Å². The number of aryl methyl sites for hydroxylation is 1. The van der Waals surface area contributed by atoms with E-state index in [4.69, 9.17) is 21.4 Å². The largest absolute Gasteiger partial charge is 0.489 e. The lowest BCUT2D eigenvalue weighted by atomic mass is 9.96. The molecule has 0 amide bonds. The summed E-state index contributed by atoms with van der Waals surface area (Å²) in [7, 11) is 0. The number of carboxylic acid groups (broad SMARTS) is 1. The molecule has 17 heavy (non-hydrogen) atoms. The number of halogens is 1. The third-order valence-corrected chi connectivity index (χ3v) is 3.27. The molecule has 1 aliphatic rings. The van der Waals surface area contributed by atoms with Gasteiger partial charge in [-0.1, -0.05) is 17.7 Å². The van der Waals surface area contributed by atoms with Gasteiger partial charge in [0.2, 0.25) is 0 Å². The Morgan fingerprint density at radius 3 is 2.76 bits per heavy atom. The van der Waals surface area contributed by atoms with Crippen molar-refractivity contribution < 1.29 is 14.6 Å². The van der Waals surface area contributed by atoms with Crippen molar-refractivity contribution in [3.05, 3.63) is 28.8 Å². The Morgan fingerprint density at radius 1 is 1.47 bits per heavy atom. The summed E-state index contributed by atoms with van der Waals surface area (Å²) in [5.41, 5.74) is 0.929. The van der Waals surface area contributed by atoms with Crippen molar-refractivity contribution in [3.8, 4) is 5.75 Å². The van der Waals surface area contributed by atoms with E-state index in [1.807, 2.05) is 12.1 Å². The van der Waals surface area contributed by atoms with Gasteiger partial charge in [0.05, 0.1) is 11.1 Å². The van der Waals surface area contributed by atoms with Gasteiger partial charge in [0.1, 0.15) is 5.75 Å². The van der Waals surface area contributed by atoms with Crippen molar-refractivity contribution >= 4 is 17.6 Å². The fourth-order valence-corrected chi connectivity index (χ4v) is 1.96. The molecule has 0 aliphatic heterocycles. The monoisotopic (exact) mass is 254 g/mol. The van der Waals surface area contributed by atoms with E-state index in [9.17, 15) is 4.79 Å². The zero-order chi connectivity index (χ0) is 12.3. The van der Waals surface area contributed by atoms with Crippen LogP contribution in [0.3, 0.4) is 0 Å². The average molecular weight is 255 g/mol. The number of carbonyl (C=O) groups is 1. The van der Waals surface area contributed by atoms with Crippen LogP contribution in [0.15, 0.2) is 18.2 Å². The van der Waals surface area contributed by atoms with E-state index >= 15 is 0 Å². The minimum atomic E-state index is -0.795. The fourth-order valence-electron chi connectivity index (χ4n) is 1.71. The average Bonchev–Trinajstić information content (AvgIpc) is 2.22. The Morgan fingerprint density at radius 2 is 2.24 bits per heavy atom. The summed E-state index contributed by atoms with van der Waals surface area (Å²) in [6.45, 7) is 0. The molecule has 1 aromatic rings. The van der Waals surface area contributed by atoms with E-state index < -0.39 is 5.97 Å². The molecule has 4 heteroatoms. The van der Waals surface area contributed by atoms with Crippen LogP contribution in [0.5, 0.6) is 5.75 Å². The van der Waals surface area contributed by atoms with Crippen LogP contribution in [0.25, 0.3) is 0 Å². The second-order valence-electron chi connectivity index (χ2n) is 4.33. The van der Waals surface area contributed by atoms with Gasteiger partial charge in [-0.3, -0.25) is 4.79 Å². The molecule has 1 fully saturated rings. The maximum atomic E-state index is 10.5. The lowest BCUT2D eigenvalue weighted by Gasteiger charge is -2.26. The number of rotatable bonds is 5. The van der Waals surface area contributed by atoms with Crippen molar-refractivity contribution in [1.82, 2.24) is 0 Å². The standard InChI is InChI=1S/C13H15ClO3/c14-11-8-9(5-7-13(15)16)4-6-12(11)17-10-2-1-3-10/h4,6,8,10H,1-3,5,7H2,(H,15,16). The Labute approximate surface area is 105 Å². The summed E-state index contributed by atoms with van der Waals surface area (Å²) < 4.78 is 5.71. The predicted molar refractivity (Wildman–Crippen MR) is 65.7 cm³/mol. The Kier molecular flexibility index (Phi) is 3.89. The molecule has 92 valence electrons. The Bertz CT molecular complexity index is 413. The van der Waals surface area contributed by atoms with Crippen LogP contribution in [0, 0.1) is 0 Å². The molecular weight excluding hydrogens is 240 g/mol. The van der Waals surface area contributed by atoms with Gasteiger partial charge < -0.3 is 9.84 Å². The van der Waals surface area contributed by atoms with Crippen molar-refractivity contribution in [2.24, 2.45) is 0 Å². The molecule has 2 rings (SSSR count). The predicted octanol–water partition coefficient (Wildman–Crippen LogP) is 3.29. The zero-order valence-corrected chi connectivity index (χ0v) is 10.2. The lowest BCUT2D eigenvalue weighted by molar-refractivity contribution is -0.136. The number of hydrogen-bond donors (Lipinski definition) is 1. The molecule has 1 N–H and O–H groups in total. The molecule has 0 saturated heterocycles. The lowest BCUT2D eigenvalue weighted by Crippen LogP contribution is -2.24. The normalized spacial score (nSPS) is 15.4. The highest BCUT2D eigenvalue weighted by Gasteiger charge is 2.20. The van der Waals surface area contributed by atoms with E-state index in [-0.39, 0.29) is 6.42 Å². The van der Waals surface area contributed by atoms with E-state index in [2.05, 4.69) is 0 Å². The number of benzene rings is 1. The maximum Gasteiger partial charge on any atom is 0.303 e. The maximum absolute atomic E-state index is 10.5. The van der Waals surface area contributed by atoms with Crippen LogP contribution in [0.4, 0.5) is 0 Å². The van der Waals surface area contributed by atoms with E-state index in [0.29, 0.717) is 23.3 Å². The summed E-state index contributed by atoms with van der Waals surface area (Å²) >= 11 is 6.10. The highest BCUT2D eigenvalue weighted by molar-refractivity contribution is 6.32. The van der Waals surface area contributed by atoms with Crippen molar-refractivity contribution in [2.75, 3.05) is 0 Å². The SMILES string of the molecule is O=C(O)CCc1ccc(OC2CCC2)c(Cl)c1. The molecule has 1 aromatic carbocycles. The molecule has 0 spiro atoms. The summed E-state index contributed by atoms with van der Waals surface area (Å²) in [5.74, 6) is -0.0913. The zero-order valence-electron chi connectivity index (χ0n) is 9.49. The first kappa shape index (κ1) is 12.2. The molecule has 1 saturated carbocycles. The molecule has 0 aromatic heterocycles. The summed E-state index contributed by atoms with van der Waals surface area (Å²) in [4.78, 5) is 10.5. The van der Waals surface area contributed by atoms with E-state index in [1.54, 1.807) is 6.07 Å². The smallest absolute Gasteiger partial charge is 0.303 e. The quantitative estimate of drug-likeness (QED) is 0.877. The van der Waals surface area contributed by atoms with Gasteiger partial charge in [-0.05, 0) is 43.4 Å². The van der Waals surface area contributed by atoms with Crippen molar-refractivity contribution in [2.45, 2.75) is 38.2 Å². The second-order valence-corrected chi connectivity index (χ2v) is 4.74. The molecule has 0 atom stereocenters. The van der Waals surface area contributed by atoms with Gasteiger partial charge in [0.15, 0.2) is 0 Å². The van der Waals surface area contributed by atoms with Gasteiger partial charge >= 0.3 is 5.97 Å². The minimum absolute atomic E-state index is 0.124. The molecule has 0 heterocycles. The summed E-state index contributed by atoms with van der Waals surface area (Å²) in [5, 5.41) is 9.17. The number of aliphatic carboxylic acids is 1. The third kappa shape index (κ3) is 3.37. The first-order chi connectivity index (χ1) is 8.15. The van der Waals surface area contributed by atoms with Gasteiger partial charge in [-0.25, -0.2) is 0 Å². The first-order valence-corrected chi connectivity index (χ1v) is 6.20. The molecule has 3 nitrogen and oxygen atoms in total. The van der Waals surface area contributed by atoms with E-state index in [0.717, 1.165) is 18.4 Å². The number of hydrogen-bond acceptors (Lipinski definition) is 2. The number of carboxylic acids is 1. The van der Waals surface area contributed by atoms with Crippen LogP contribution in [-0.4, -0.2) is 17.2 Å². The van der Waals surface area contributed by atoms with Crippen LogP contribution in [-0.2, 0) is 11.2 Å². The Hall–Kier alpha value is -1.22.